The number of likely N-dealkylation sites (N-methyl/N-ethyl adjacent to an activating group) is 2. The van der Waals surface area contributed by atoms with Crippen LogP contribution in [0.25, 0.3) is 0 Å². The summed E-state index contributed by atoms with van der Waals surface area (Å²) in [7, 11) is 4.09. The van der Waals surface area contributed by atoms with Crippen LogP contribution < -0.4 is 0 Å². The Labute approximate surface area is 92.4 Å². The molecule has 15 heavy (non-hydrogen) atoms. The maximum atomic E-state index is 11.9. The minimum atomic E-state index is 0.0709. The molecule has 1 fully saturated rings. The van der Waals surface area contributed by atoms with E-state index in [1.807, 2.05) is 7.05 Å². The molecule has 0 saturated carbocycles. The van der Waals surface area contributed by atoms with Crippen LogP contribution in [-0.2, 0) is 4.79 Å². The van der Waals surface area contributed by atoms with Crippen molar-refractivity contribution < 1.29 is 4.79 Å². The van der Waals surface area contributed by atoms with Crippen LogP contribution in [0.1, 0.15) is 19.3 Å². The summed E-state index contributed by atoms with van der Waals surface area (Å²) < 4.78 is 0. The number of hydrogen-bond acceptors (Lipinski definition) is 3. The van der Waals surface area contributed by atoms with E-state index >= 15 is 0 Å². The number of hydrogen-bond donors (Lipinski definition) is 0. The van der Waals surface area contributed by atoms with Crippen molar-refractivity contribution in [1.82, 2.24) is 9.80 Å². The van der Waals surface area contributed by atoms with Crippen LogP contribution in [0.2, 0.25) is 0 Å². The molecule has 3 heteroatoms. The Kier molecular flexibility index (Phi) is 4.80. The van der Waals surface area contributed by atoms with E-state index in [9.17, 15) is 4.79 Å². The van der Waals surface area contributed by atoms with Crippen LogP contribution in [0.15, 0.2) is 0 Å². The first-order valence-corrected chi connectivity index (χ1v) is 5.50. The van der Waals surface area contributed by atoms with Crippen LogP contribution >= 0.6 is 0 Å². The fourth-order valence-electron chi connectivity index (χ4n) is 1.89. The van der Waals surface area contributed by atoms with E-state index in [1.165, 1.54) is 0 Å². The molecule has 1 heterocycles. The highest BCUT2D eigenvalue weighted by Crippen LogP contribution is 2.10. The molecule has 0 bridgehead atoms. The third-order valence-corrected chi connectivity index (χ3v) is 2.97. The van der Waals surface area contributed by atoms with E-state index in [0.29, 0.717) is 18.6 Å². The van der Waals surface area contributed by atoms with Gasteiger partial charge in [0.1, 0.15) is 0 Å². The highest BCUT2D eigenvalue weighted by molar-refractivity contribution is 5.84. The summed E-state index contributed by atoms with van der Waals surface area (Å²) in [6, 6.07) is 0.0709. The molecule has 1 saturated heterocycles. The average Bonchev–Trinajstić information content (AvgIpc) is 2.22. The molecule has 0 aromatic carbocycles. The predicted molar refractivity (Wildman–Crippen MR) is 61.6 cm³/mol. The highest BCUT2D eigenvalue weighted by atomic mass is 16.1. The second-order valence-electron chi connectivity index (χ2n) is 4.28. The molecule has 0 radical (unpaired) electrons. The molecule has 0 spiro atoms. The van der Waals surface area contributed by atoms with Gasteiger partial charge in [0.2, 0.25) is 0 Å². The standard InChI is InChI=1S/C12H20N2O/c1-4-5-6-7-12(15)11-10-13(2)8-9-14(11)3/h1,11H,5-10H2,2-3H3. The lowest BCUT2D eigenvalue weighted by atomic mass is 10.0. The third kappa shape index (κ3) is 3.65. The zero-order valence-corrected chi connectivity index (χ0v) is 9.70. The predicted octanol–water partition coefficient (Wildman–Crippen LogP) is 0.605. The molecule has 1 unspecified atom stereocenters. The van der Waals surface area contributed by atoms with Crippen molar-refractivity contribution in [3.63, 3.8) is 0 Å². The van der Waals surface area contributed by atoms with Crippen LogP contribution in [-0.4, -0.2) is 55.4 Å². The van der Waals surface area contributed by atoms with E-state index in [1.54, 1.807) is 0 Å². The lowest BCUT2D eigenvalue weighted by molar-refractivity contribution is -0.125. The number of unbranched alkanes of at least 4 members (excludes halogenated alkanes) is 1. The Balaban J connectivity index is 2.39. The van der Waals surface area contributed by atoms with Crippen molar-refractivity contribution in [2.24, 2.45) is 0 Å². The first-order valence-electron chi connectivity index (χ1n) is 5.50. The van der Waals surface area contributed by atoms with Gasteiger partial charge in [0.05, 0.1) is 6.04 Å². The van der Waals surface area contributed by atoms with Gasteiger partial charge < -0.3 is 4.90 Å². The molecule has 1 rings (SSSR count). The summed E-state index contributed by atoms with van der Waals surface area (Å²) in [5.41, 5.74) is 0. The molecule has 0 aromatic heterocycles. The molecule has 1 atom stereocenters. The maximum Gasteiger partial charge on any atom is 0.151 e. The van der Waals surface area contributed by atoms with Crippen LogP contribution in [0, 0.1) is 12.3 Å². The van der Waals surface area contributed by atoms with Gasteiger partial charge in [-0.3, -0.25) is 9.69 Å². The van der Waals surface area contributed by atoms with Crippen LogP contribution in [0.4, 0.5) is 0 Å². The molecular formula is C12H20N2O. The third-order valence-electron chi connectivity index (χ3n) is 2.97. The largest absolute Gasteiger partial charge is 0.303 e. The second-order valence-corrected chi connectivity index (χ2v) is 4.28. The van der Waals surface area contributed by atoms with Crippen molar-refractivity contribution in [2.45, 2.75) is 25.3 Å². The van der Waals surface area contributed by atoms with Gasteiger partial charge in [0.15, 0.2) is 5.78 Å². The summed E-state index contributed by atoms with van der Waals surface area (Å²) >= 11 is 0. The van der Waals surface area contributed by atoms with Crippen molar-refractivity contribution >= 4 is 5.78 Å². The zero-order valence-electron chi connectivity index (χ0n) is 9.70. The smallest absolute Gasteiger partial charge is 0.151 e. The van der Waals surface area contributed by atoms with E-state index < -0.39 is 0 Å². The summed E-state index contributed by atoms with van der Waals surface area (Å²) in [4.78, 5) is 16.3. The normalized spacial score (nSPS) is 23.7. The van der Waals surface area contributed by atoms with Gasteiger partial charge in [-0.05, 0) is 20.5 Å². The highest BCUT2D eigenvalue weighted by Gasteiger charge is 2.27. The zero-order chi connectivity index (χ0) is 11.3. The number of piperazine rings is 1. The summed E-state index contributed by atoms with van der Waals surface area (Å²) in [5.74, 6) is 2.90. The molecule has 84 valence electrons. The Morgan fingerprint density at radius 1 is 1.47 bits per heavy atom. The number of Topliss-reactive ketones (excluding diaryl/α,β-unsaturated/α-hetero) is 1. The molecular weight excluding hydrogens is 188 g/mol. The summed E-state index contributed by atoms with van der Waals surface area (Å²) in [6.45, 7) is 2.87. The maximum absolute atomic E-state index is 11.9. The van der Waals surface area contributed by atoms with Crippen LogP contribution in [0.5, 0.6) is 0 Å². The van der Waals surface area contributed by atoms with E-state index in [2.05, 4.69) is 22.8 Å². The fraction of sp³-hybridized carbons (Fsp3) is 0.750. The lowest BCUT2D eigenvalue weighted by Crippen LogP contribution is -2.53. The number of nitrogens with zero attached hydrogens (tertiary/aromatic N) is 2. The quantitative estimate of drug-likeness (QED) is 0.499. The van der Waals surface area contributed by atoms with Gasteiger partial charge in [-0.2, -0.15) is 0 Å². The number of rotatable bonds is 4. The van der Waals surface area contributed by atoms with Gasteiger partial charge in [-0.15, -0.1) is 12.3 Å². The number of carbonyl (C=O) groups is 1. The molecule has 1 aliphatic rings. The Bertz CT molecular complexity index is 257. The summed E-state index contributed by atoms with van der Waals surface area (Å²) in [6.07, 6.45) is 7.31. The fourth-order valence-corrected chi connectivity index (χ4v) is 1.89. The van der Waals surface area contributed by atoms with E-state index in [-0.39, 0.29) is 6.04 Å². The van der Waals surface area contributed by atoms with Crippen molar-refractivity contribution in [1.29, 1.82) is 0 Å². The molecule has 1 aliphatic heterocycles. The topological polar surface area (TPSA) is 23.6 Å². The lowest BCUT2D eigenvalue weighted by Gasteiger charge is -2.36. The van der Waals surface area contributed by atoms with Gasteiger partial charge >= 0.3 is 0 Å². The first-order chi connectivity index (χ1) is 7.15. The minimum absolute atomic E-state index is 0.0709. The molecule has 3 nitrogen and oxygen atoms in total. The van der Waals surface area contributed by atoms with Gasteiger partial charge in [-0.1, -0.05) is 0 Å². The summed E-state index contributed by atoms with van der Waals surface area (Å²) in [5, 5.41) is 0. The van der Waals surface area contributed by atoms with Crippen molar-refractivity contribution in [3.05, 3.63) is 0 Å². The van der Waals surface area contributed by atoms with Gasteiger partial charge in [0.25, 0.3) is 0 Å². The second kappa shape index (κ2) is 5.89. The Morgan fingerprint density at radius 3 is 2.87 bits per heavy atom. The van der Waals surface area contributed by atoms with E-state index in [4.69, 9.17) is 6.42 Å². The molecule has 0 amide bonds. The number of ketones is 1. The Morgan fingerprint density at radius 2 is 2.20 bits per heavy atom. The van der Waals surface area contributed by atoms with E-state index in [0.717, 1.165) is 26.1 Å². The van der Waals surface area contributed by atoms with Crippen molar-refractivity contribution in [3.8, 4) is 12.3 Å². The van der Waals surface area contributed by atoms with Gasteiger partial charge in [-0.25, -0.2) is 0 Å². The monoisotopic (exact) mass is 208 g/mol. The molecule has 0 N–H and O–H groups in total. The SMILES string of the molecule is C#CCCCC(=O)C1CN(C)CCN1C. The first kappa shape index (κ1) is 12.2. The average molecular weight is 208 g/mol. The molecule has 0 aliphatic carbocycles. The minimum Gasteiger partial charge on any atom is -0.303 e. The molecule has 0 aromatic rings. The van der Waals surface area contributed by atoms with Crippen LogP contribution in [0.3, 0.4) is 0 Å². The number of terminal acetylenes is 1. The van der Waals surface area contributed by atoms with Gasteiger partial charge in [0, 0.05) is 32.5 Å². The van der Waals surface area contributed by atoms with Crippen molar-refractivity contribution in [2.75, 3.05) is 33.7 Å². The Hall–Kier alpha value is -0.850. The number of carbonyl (C=O) groups excluding carboxylic acids is 1.